The Hall–Kier alpha value is -2.82. The van der Waals surface area contributed by atoms with Gasteiger partial charge in [-0.2, -0.15) is 0 Å². The van der Waals surface area contributed by atoms with Gasteiger partial charge in [0.05, 0.1) is 7.11 Å². The van der Waals surface area contributed by atoms with Crippen molar-refractivity contribution in [1.29, 1.82) is 0 Å². The summed E-state index contributed by atoms with van der Waals surface area (Å²) >= 11 is 0. The monoisotopic (exact) mass is 285 g/mol. The van der Waals surface area contributed by atoms with Gasteiger partial charge in [-0.3, -0.25) is 4.79 Å². The largest absolute Gasteiger partial charge is 0.497 e. The van der Waals surface area contributed by atoms with Crippen LogP contribution in [0.3, 0.4) is 0 Å². The second kappa shape index (κ2) is 6.56. The fourth-order valence-corrected chi connectivity index (χ4v) is 1.92. The van der Waals surface area contributed by atoms with Crippen LogP contribution in [-0.2, 0) is 4.74 Å². The molecule has 2 rings (SSSR count). The lowest BCUT2D eigenvalue weighted by atomic mass is 10.00. The van der Waals surface area contributed by atoms with Gasteiger partial charge in [-0.25, -0.2) is 4.79 Å². The lowest BCUT2D eigenvalue weighted by Crippen LogP contribution is -2.23. The van der Waals surface area contributed by atoms with Gasteiger partial charge in [-0.1, -0.05) is 30.3 Å². The van der Waals surface area contributed by atoms with Gasteiger partial charge in [-0.15, -0.1) is 0 Å². The number of hydrogen-bond acceptors (Lipinski definition) is 4. The number of methoxy groups -OCH3 is 1. The molecular formula is C16H15NO4. The number of carbonyl (C=O) groups is 2. The summed E-state index contributed by atoms with van der Waals surface area (Å²) in [4.78, 5) is 23.6. The molecule has 0 fully saturated rings. The van der Waals surface area contributed by atoms with E-state index in [0.717, 1.165) is 0 Å². The van der Waals surface area contributed by atoms with Crippen molar-refractivity contribution in [3.05, 3.63) is 65.7 Å². The Morgan fingerprint density at radius 3 is 2.14 bits per heavy atom. The number of primary amides is 1. The molecule has 0 radical (unpaired) electrons. The molecule has 0 aliphatic heterocycles. The fourth-order valence-electron chi connectivity index (χ4n) is 1.92. The van der Waals surface area contributed by atoms with E-state index in [9.17, 15) is 9.59 Å². The lowest BCUT2D eigenvalue weighted by Gasteiger charge is -2.16. The normalized spacial score (nSPS) is 11.5. The zero-order valence-corrected chi connectivity index (χ0v) is 11.5. The molecule has 21 heavy (non-hydrogen) atoms. The van der Waals surface area contributed by atoms with E-state index in [0.29, 0.717) is 16.9 Å². The second-order valence-electron chi connectivity index (χ2n) is 4.32. The van der Waals surface area contributed by atoms with Crippen molar-refractivity contribution in [2.75, 3.05) is 7.11 Å². The third kappa shape index (κ3) is 3.60. The molecule has 1 amide bonds. The summed E-state index contributed by atoms with van der Waals surface area (Å²) < 4.78 is 10.0. The van der Waals surface area contributed by atoms with E-state index in [-0.39, 0.29) is 5.78 Å². The minimum absolute atomic E-state index is 0.345. The zero-order valence-electron chi connectivity index (χ0n) is 11.5. The van der Waals surface area contributed by atoms with Gasteiger partial charge >= 0.3 is 6.09 Å². The maximum Gasteiger partial charge on any atom is 0.405 e. The Kier molecular flexibility index (Phi) is 4.56. The third-order valence-corrected chi connectivity index (χ3v) is 2.95. The Balaban J connectivity index is 2.31. The maximum absolute atomic E-state index is 12.5. The summed E-state index contributed by atoms with van der Waals surface area (Å²) in [6, 6.07) is 15.3. The van der Waals surface area contributed by atoms with Crippen LogP contribution in [0.2, 0.25) is 0 Å². The standard InChI is InChI=1S/C16H15NO4/c1-20-13-9-7-11(8-10-13)14(18)15(21-16(17)19)12-5-3-2-4-6-12/h2-10,15H,1H3,(H2,17,19). The summed E-state index contributed by atoms with van der Waals surface area (Å²) in [7, 11) is 1.54. The molecule has 0 spiro atoms. The molecule has 0 bridgehead atoms. The number of Topliss-reactive ketones (excluding diaryl/α,β-unsaturated/α-hetero) is 1. The SMILES string of the molecule is COc1ccc(C(=O)C(OC(N)=O)c2ccccc2)cc1. The number of ketones is 1. The summed E-state index contributed by atoms with van der Waals surface area (Å²) in [5, 5.41) is 0. The van der Waals surface area contributed by atoms with Crippen LogP contribution in [0.25, 0.3) is 0 Å². The first-order valence-corrected chi connectivity index (χ1v) is 6.31. The quantitative estimate of drug-likeness (QED) is 0.857. The van der Waals surface area contributed by atoms with Crippen LogP contribution in [0.4, 0.5) is 4.79 Å². The predicted molar refractivity (Wildman–Crippen MR) is 77.2 cm³/mol. The highest BCUT2D eigenvalue weighted by molar-refractivity contribution is 6.01. The molecule has 0 heterocycles. The third-order valence-electron chi connectivity index (χ3n) is 2.95. The van der Waals surface area contributed by atoms with Crippen LogP contribution in [0, 0.1) is 0 Å². The topological polar surface area (TPSA) is 78.6 Å². The van der Waals surface area contributed by atoms with Crippen LogP contribution < -0.4 is 10.5 Å². The number of rotatable bonds is 5. The molecule has 0 aliphatic carbocycles. The molecule has 2 aromatic carbocycles. The average Bonchev–Trinajstić information content (AvgIpc) is 2.53. The van der Waals surface area contributed by atoms with E-state index in [1.165, 1.54) is 0 Å². The van der Waals surface area contributed by atoms with E-state index in [1.54, 1.807) is 55.6 Å². The minimum atomic E-state index is -1.06. The van der Waals surface area contributed by atoms with Gasteiger partial charge in [0.15, 0.2) is 6.10 Å². The molecule has 5 heteroatoms. The van der Waals surface area contributed by atoms with Crippen molar-refractivity contribution in [1.82, 2.24) is 0 Å². The van der Waals surface area contributed by atoms with E-state index >= 15 is 0 Å². The van der Waals surface area contributed by atoms with E-state index in [4.69, 9.17) is 15.2 Å². The van der Waals surface area contributed by atoms with Crippen molar-refractivity contribution < 1.29 is 19.1 Å². The molecule has 0 aliphatic rings. The van der Waals surface area contributed by atoms with Crippen LogP contribution in [0.1, 0.15) is 22.0 Å². The van der Waals surface area contributed by atoms with Gasteiger partial charge < -0.3 is 15.2 Å². The second-order valence-corrected chi connectivity index (χ2v) is 4.32. The molecule has 0 saturated carbocycles. The average molecular weight is 285 g/mol. The number of amides is 1. The van der Waals surface area contributed by atoms with Crippen molar-refractivity contribution in [3.63, 3.8) is 0 Å². The van der Waals surface area contributed by atoms with Gasteiger partial charge in [0, 0.05) is 11.1 Å². The van der Waals surface area contributed by atoms with Gasteiger partial charge in [0.2, 0.25) is 5.78 Å². The fraction of sp³-hybridized carbons (Fsp3) is 0.125. The molecule has 1 atom stereocenters. The first-order chi connectivity index (χ1) is 10.1. The highest BCUT2D eigenvalue weighted by Crippen LogP contribution is 2.23. The van der Waals surface area contributed by atoms with Crippen LogP contribution in [0.15, 0.2) is 54.6 Å². The van der Waals surface area contributed by atoms with Crippen LogP contribution in [0.5, 0.6) is 5.75 Å². The molecule has 1 unspecified atom stereocenters. The Morgan fingerprint density at radius 2 is 1.62 bits per heavy atom. The molecule has 0 aromatic heterocycles. The first-order valence-electron chi connectivity index (χ1n) is 6.31. The summed E-state index contributed by atoms with van der Waals surface area (Å²) in [5.41, 5.74) is 6.03. The first kappa shape index (κ1) is 14.6. The number of nitrogens with two attached hydrogens (primary N) is 1. The number of ether oxygens (including phenoxy) is 2. The van der Waals surface area contributed by atoms with Crippen molar-refractivity contribution in [2.45, 2.75) is 6.10 Å². The van der Waals surface area contributed by atoms with Crippen molar-refractivity contribution in [3.8, 4) is 5.75 Å². The van der Waals surface area contributed by atoms with Gasteiger partial charge in [-0.05, 0) is 24.3 Å². The van der Waals surface area contributed by atoms with E-state index in [1.807, 2.05) is 6.07 Å². The Morgan fingerprint density at radius 1 is 1.00 bits per heavy atom. The Labute approximate surface area is 122 Å². The molecule has 5 nitrogen and oxygen atoms in total. The molecule has 108 valence electrons. The summed E-state index contributed by atoms with van der Waals surface area (Å²) in [5.74, 6) is 0.293. The predicted octanol–water partition coefficient (Wildman–Crippen LogP) is 2.71. The van der Waals surface area contributed by atoms with Crippen LogP contribution >= 0.6 is 0 Å². The Bertz CT molecular complexity index is 622. The maximum atomic E-state index is 12.5. The molecule has 2 N–H and O–H groups in total. The van der Waals surface area contributed by atoms with Gasteiger partial charge in [0.1, 0.15) is 5.75 Å². The zero-order chi connectivity index (χ0) is 15.2. The van der Waals surface area contributed by atoms with E-state index < -0.39 is 12.2 Å². The lowest BCUT2D eigenvalue weighted by molar-refractivity contribution is 0.0654. The van der Waals surface area contributed by atoms with Crippen LogP contribution in [-0.4, -0.2) is 19.0 Å². The highest BCUT2D eigenvalue weighted by atomic mass is 16.6. The number of benzene rings is 2. The summed E-state index contributed by atoms with van der Waals surface area (Å²) in [6.45, 7) is 0. The minimum Gasteiger partial charge on any atom is -0.497 e. The van der Waals surface area contributed by atoms with Gasteiger partial charge in [0.25, 0.3) is 0 Å². The number of hydrogen-bond donors (Lipinski definition) is 1. The molecular weight excluding hydrogens is 270 g/mol. The highest BCUT2D eigenvalue weighted by Gasteiger charge is 2.25. The smallest absolute Gasteiger partial charge is 0.405 e. The van der Waals surface area contributed by atoms with Crippen molar-refractivity contribution >= 4 is 11.9 Å². The number of carbonyl (C=O) groups excluding carboxylic acids is 2. The van der Waals surface area contributed by atoms with Crippen molar-refractivity contribution in [2.24, 2.45) is 5.73 Å². The molecule has 2 aromatic rings. The molecule has 0 saturated heterocycles. The summed E-state index contributed by atoms with van der Waals surface area (Å²) in [6.07, 6.45) is -2.05. The van der Waals surface area contributed by atoms with E-state index in [2.05, 4.69) is 0 Å².